The van der Waals surface area contributed by atoms with Gasteiger partial charge in [-0.2, -0.15) is 0 Å². The second-order valence-corrected chi connectivity index (χ2v) is 5.66. The molecule has 1 atom stereocenters. The first kappa shape index (κ1) is 11.3. The van der Waals surface area contributed by atoms with Crippen molar-refractivity contribution in [2.45, 2.75) is 29.4 Å². The zero-order valence-electron chi connectivity index (χ0n) is 8.92. The van der Waals surface area contributed by atoms with Gasteiger partial charge in [-0.25, -0.2) is 0 Å². The van der Waals surface area contributed by atoms with Gasteiger partial charge in [-0.3, -0.25) is 0 Å². The smallest absolute Gasteiger partial charge is 0.0449 e. The van der Waals surface area contributed by atoms with Crippen molar-refractivity contribution in [1.82, 2.24) is 5.32 Å². The average Bonchev–Trinajstić information content (AvgIpc) is 2.63. The monoisotopic (exact) mass is 241 g/mol. The Morgan fingerprint density at radius 1 is 1.53 bits per heavy atom. The largest absolute Gasteiger partial charge is 0.320 e. The summed E-state index contributed by atoms with van der Waals surface area (Å²) in [5.74, 6) is 0. The van der Waals surface area contributed by atoms with Crippen LogP contribution in [0.4, 0.5) is 0 Å². The summed E-state index contributed by atoms with van der Waals surface area (Å²) in [5, 5.41) is 4.86. The van der Waals surface area contributed by atoms with Gasteiger partial charge < -0.3 is 5.32 Å². The van der Waals surface area contributed by atoms with Gasteiger partial charge >= 0.3 is 0 Å². The maximum atomic E-state index is 6.17. The summed E-state index contributed by atoms with van der Waals surface area (Å²) in [6, 6.07) is 6.23. The quantitative estimate of drug-likeness (QED) is 0.812. The van der Waals surface area contributed by atoms with E-state index in [1.165, 1.54) is 23.3 Å². The van der Waals surface area contributed by atoms with E-state index in [9.17, 15) is 0 Å². The van der Waals surface area contributed by atoms with Crippen LogP contribution < -0.4 is 5.32 Å². The molecule has 2 rings (SSSR count). The van der Waals surface area contributed by atoms with E-state index in [1.807, 2.05) is 30.9 Å². The summed E-state index contributed by atoms with van der Waals surface area (Å²) < 4.78 is 0. The van der Waals surface area contributed by atoms with Crippen LogP contribution in [-0.4, -0.2) is 18.8 Å². The van der Waals surface area contributed by atoms with Crippen molar-refractivity contribution in [3.63, 3.8) is 0 Å². The van der Waals surface area contributed by atoms with E-state index in [0.717, 1.165) is 23.2 Å². The summed E-state index contributed by atoms with van der Waals surface area (Å²) in [6.07, 6.45) is 3.67. The van der Waals surface area contributed by atoms with Crippen LogP contribution >= 0.6 is 23.4 Å². The molecule has 82 valence electrons. The van der Waals surface area contributed by atoms with Gasteiger partial charge in [-0.05, 0) is 50.6 Å². The molecule has 1 aromatic rings. The Labute approximate surface area is 101 Å². The van der Waals surface area contributed by atoms with Crippen LogP contribution in [0.3, 0.4) is 0 Å². The van der Waals surface area contributed by atoms with Crippen molar-refractivity contribution in [1.29, 1.82) is 0 Å². The Kier molecular flexibility index (Phi) is 3.95. The van der Waals surface area contributed by atoms with E-state index in [-0.39, 0.29) is 0 Å². The second-order valence-electron chi connectivity index (χ2n) is 3.91. The van der Waals surface area contributed by atoms with Crippen molar-refractivity contribution in [2.24, 2.45) is 0 Å². The van der Waals surface area contributed by atoms with Gasteiger partial charge in [-0.1, -0.05) is 17.7 Å². The van der Waals surface area contributed by atoms with Gasteiger partial charge in [-0.15, -0.1) is 11.8 Å². The third-order valence-electron chi connectivity index (χ3n) is 2.75. The lowest BCUT2D eigenvalue weighted by atomic mass is 10.1. The fraction of sp³-hybridized carbons (Fsp3) is 0.500. The molecule has 0 aromatic heterocycles. The molecular formula is C12H16ClNS. The molecule has 1 nitrogen and oxygen atoms in total. The lowest BCUT2D eigenvalue weighted by Crippen LogP contribution is -2.10. The van der Waals surface area contributed by atoms with Crippen LogP contribution in [0.5, 0.6) is 0 Å². The molecule has 0 amide bonds. The number of benzene rings is 1. The van der Waals surface area contributed by atoms with Gasteiger partial charge in [0.15, 0.2) is 0 Å². The summed E-state index contributed by atoms with van der Waals surface area (Å²) >= 11 is 8.16. The number of rotatable bonds is 4. The van der Waals surface area contributed by atoms with Gasteiger partial charge in [0.05, 0.1) is 0 Å². The van der Waals surface area contributed by atoms with Crippen LogP contribution in [0.1, 0.15) is 18.4 Å². The zero-order valence-corrected chi connectivity index (χ0v) is 10.5. The molecule has 0 saturated carbocycles. The van der Waals surface area contributed by atoms with Gasteiger partial charge in [0.2, 0.25) is 0 Å². The molecule has 0 aliphatic carbocycles. The molecule has 1 heterocycles. The minimum absolute atomic E-state index is 0.730. The molecule has 1 aliphatic rings. The molecule has 0 fully saturated rings. The van der Waals surface area contributed by atoms with Crippen molar-refractivity contribution in [3.8, 4) is 0 Å². The minimum atomic E-state index is 0.730. The first-order chi connectivity index (χ1) is 7.31. The van der Waals surface area contributed by atoms with Crippen LogP contribution in [-0.2, 0) is 6.42 Å². The highest BCUT2D eigenvalue weighted by molar-refractivity contribution is 8.00. The Balaban J connectivity index is 1.94. The third kappa shape index (κ3) is 2.68. The van der Waals surface area contributed by atoms with Crippen LogP contribution in [0.25, 0.3) is 0 Å². The number of hydrogen-bond acceptors (Lipinski definition) is 2. The predicted molar refractivity (Wildman–Crippen MR) is 68.0 cm³/mol. The van der Waals surface area contributed by atoms with E-state index < -0.39 is 0 Å². The highest BCUT2D eigenvalue weighted by Gasteiger charge is 2.23. The highest BCUT2D eigenvalue weighted by atomic mass is 35.5. The molecule has 3 heteroatoms. The van der Waals surface area contributed by atoms with E-state index in [4.69, 9.17) is 11.6 Å². The number of thioether (sulfide) groups is 1. The maximum absolute atomic E-state index is 6.17. The highest BCUT2D eigenvalue weighted by Crippen LogP contribution is 2.41. The average molecular weight is 242 g/mol. The van der Waals surface area contributed by atoms with Crippen molar-refractivity contribution in [3.05, 3.63) is 28.8 Å². The topological polar surface area (TPSA) is 12.0 Å². The lowest BCUT2D eigenvalue weighted by Gasteiger charge is -2.07. The van der Waals surface area contributed by atoms with E-state index in [1.54, 1.807) is 0 Å². The zero-order chi connectivity index (χ0) is 10.7. The predicted octanol–water partition coefficient (Wildman–Crippen LogP) is 3.36. The Morgan fingerprint density at radius 2 is 2.40 bits per heavy atom. The van der Waals surface area contributed by atoms with Crippen molar-refractivity contribution >= 4 is 23.4 Å². The molecule has 0 saturated heterocycles. The first-order valence-corrected chi connectivity index (χ1v) is 6.65. The van der Waals surface area contributed by atoms with Crippen molar-refractivity contribution < 1.29 is 0 Å². The molecular weight excluding hydrogens is 226 g/mol. The molecule has 15 heavy (non-hydrogen) atoms. The first-order valence-electron chi connectivity index (χ1n) is 5.40. The summed E-state index contributed by atoms with van der Waals surface area (Å²) in [4.78, 5) is 1.39. The van der Waals surface area contributed by atoms with Crippen LogP contribution in [0.2, 0.25) is 5.02 Å². The second kappa shape index (κ2) is 5.24. The fourth-order valence-corrected chi connectivity index (χ4v) is 3.66. The Bertz CT molecular complexity index is 340. The van der Waals surface area contributed by atoms with E-state index >= 15 is 0 Å². The minimum Gasteiger partial charge on any atom is -0.320 e. The maximum Gasteiger partial charge on any atom is 0.0449 e. The third-order valence-corrected chi connectivity index (χ3v) is 4.48. The standard InChI is InChI=1S/C12H16ClNS/c1-14-7-3-4-9-8-10-11(13)5-2-6-12(10)15-9/h2,5-6,9,14H,3-4,7-8H2,1H3. The normalized spacial score (nSPS) is 19.2. The number of fused-ring (bicyclic) bond motifs is 1. The van der Waals surface area contributed by atoms with Crippen LogP contribution in [0.15, 0.2) is 23.1 Å². The fourth-order valence-electron chi connectivity index (χ4n) is 1.96. The number of halogens is 1. The molecule has 1 unspecified atom stereocenters. The molecule has 0 spiro atoms. The Morgan fingerprint density at radius 3 is 3.13 bits per heavy atom. The van der Waals surface area contributed by atoms with Crippen molar-refractivity contribution in [2.75, 3.05) is 13.6 Å². The molecule has 1 aromatic carbocycles. The summed E-state index contributed by atoms with van der Waals surface area (Å²) in [5.41, 5.74) is 1.36. The summed E-state index contributed by atoms with van der Waals surface area (Å²) in [6.45, 7) is 1.11. The summed E-state index contributed by atoms with van der Waals surface area (Å²) in [7, 11) is 2.01. The van der Waals surface area contributed by atoms with Gasteiger partial charge in [0, 0.05) is 15.2 Å². The number of hydrogen-bond donors (Lipinski definition) is 1. The lowest BCUT2D eigenvalue weighted by molar-refractivity contribution is 0.657. The van der Waals surface area contributed by atoms with Crippen LogP contribution in [0, 0.1) is 0 Å². The molecule has 1 aliphatic heterocycles. The number of nitrogens with one attached hydrogen (secondary N) is 1. The van der Waals surface area contributed by atoms with Gasteiger partial charge in [0.1, 0.15) is 0 Å². The molecule has 0 bridgehead atoms. The molecule has 0 radical (unpaired) electrons. The van der Waals surface area contributed by atoms with E-state index in [0.29, 0.717) is 0 Å². The van der Waals surface area contributed by atoms with E-state index in [2.05, 4.69) is 11.4 Å². The molecule has 1 N–H and O–H groups in total. The SMILES string of the molecule is CNCCCC1Cc2c(Cl)cccc2S1. The van der Waals surface area contributed by atoms with Gasteiger partial charge in [0.25, 0.3) is 0 Å². The Hall–Kier alpha value is -0.180.